The lowest BCUT2D eigenvalue weighted by Gasteiger charge is -2.26. The average molecular weight is 597 g/mol. The molecule has 4 heterocycles. The predicted octanol–water partition coefficient (Wildman–Crippen LogP) is 6.19. The molecule has 0 bridgehead atoms. The summed E-state index contributed by atoms with van der Waals surface area (Å²) in [7, 11) is 3.51. The van der Waals surface area contributed by atoms with Gasteiger partial charge >= 0.3 is 6.01 Å². The van der Waals surface area contributed by atoms with Gasteiger partial charge in [0.05, 0.1) is 34.6 Å². The molecule has 2 aliphatic heterocycles. The normalized spacial score (nSPS) is 17.7. The molecule has 0 spiro atoms. The fraction of sp³-hybridized carbons (Fsp3) is 0.423. The Morgan fingerprint density at radius 3 is 2.56 bits per heavy atom. The molecule has 0 saturated carbocycles. The van der Waals surface area contributed by atoms with Gasteiger partial charge < -0.3 is 20.3 Å². The fourth-order valence-electron chi connectivity index (χ4n) is 4.76. The van der Waals surface area contributed by atoms with E-state index in [4.69, 9.17) is 22.1 Å². The van der Waals surface area contributed by atoms with Crippen LogP contribution in [0.15, 0.2) is 24.3 Å². The van der Waals surface area contributed by atoms with E-state index < -0.39 is 18.3 Å². The molecule has 0 unspecified atom stereocenters. The van der Waals surface area contributed by atoms with E-state index in [0.29, 0.717) is 28.5 Å². The standard InChI is InChI=1S/C21H17ClF3N5OS2.C5H11N/c1-31-20-28-17-11(18(29-20)30-5-6-32-9-21(24,25)8-30)7-12(22)14(15(17)23)10-3-2-4-13-16(10)27-19(26)33-13;1-6-4-2-3-5-6/h2-4,7H,5-6,8-9H2,1H3,(H2,26,27);2-5H2,1H3. The minimum Gasteiger partial charge on any atom is -0.467 e. The number of para-hydroxylation sites is 1. The number of alkyl halides is 2. The van der Waals surface area contributed by atoms with Crippen LogP contribution >= 0.6 is 34.7 Å². The molecule has 208 valence electrons. The lowest BCUT2D eigenvalue weighted by atomic mass is 10.0. The van der Waals surface area contributed by atoms with E-state index in [1.54, 1.807) is 12.1 Å². The largest absolute Gasteiger partial charge is 0.467 e. The molecule has 0 atom stereocenters. The summed E-state index contributed by atoms with van der Waals surface area (Å²) in [5, 5.41) is 0.667. The Labute approximate surface area is 237 Å². The Morgan fingerprint density at radius 2 is 1.87 bits per heavy atom. The first-order valence-corrected chi connectivity index (χ1v) is 14.8. The maximum absolute atomic E-state index is 16.0. The fourth-order valence-corrected chi connectivity index (χ4v) is 6.70. The highest BCUT2D eigenvalue weighted by molar-refractivity contribution is 7.99. The van der Waals surface area contributed by atoms with Crippen LogP contribution in [0.4, 0.5) is 24.1 Å². The van der Waals surface area contributed by atoms with Crippen molar-refractivity contribution in [1.82, 2.24) is 19.9 Å². The molecule has 2 aromatic heterocycles. The Morgan fingerprint density at radius 1 is 1.10 bits per heavy atom. The smallest absolute Gasteiger partial charge is 0.318 e. The van der Waals surface area contributed by atoms with Gasteiger partial charge in [-0.1, -0.05) is 35.1 Å². The summed E-state index contributed by atoms with van der Waals surface area (Å²) < 4.78 is 50.6. The second-order valence-electron chi connectivity index (χ2n) is 9.52. The summed E-state index contributed by atoms with van der Waals surface area (Å²) in [6.07, 6.45) is 2.83. The van der Waals surface area contributed by atoms with E-state index >= 15 is 4.39 Å². The molecule has 6 rings (SSSR count). The van der Waals surface area contributed by atoms with Crippen LogP contribution in [0.1, 0.15) is 12.8 Å². The summed E-state index contributed by atoms with van der Waals surface area (Å²) in [5.74, 6) is -3.29. The van der Waals surface area contributed by atoms with Crippen LogP contribution in [0.25, 0.3) is 32.2 Å². The Hall–Kier alpha value is -2.54. The molecular formula is C26H28ClF3N6OS2. The number of anilines is 2. The molecule has 2 aromatic carbocycles. The van der Waals surface area contributed by atoms with Gasteiger partial charge in [0, 0.05) is 28.8 Å². The first kappa shape index (κ1) is 28.0. The maximum atomic E-state index is 16.0. The maximum Gasteiger partial charge on any atom is 0.318 e. The number of thioether (sulfide) groups is 1. The molecule has 39 heavy (non-hydrogen) atoms. The van der Waals surface area contributed by atoms with E-state index in [1.807, 2.05) is 6.07 Å². The van der Waals surface area contributed by atoms with E-state index in [0.717, 1.165) is 16.5 Å². The number of rotatable bonds is 3. The van der Waals surface area contributed by atoms with Gasteiger partial charge in [-0.05, 0) is 45.1 Å². The van der Waals surface area contributed by atoms with Gasteiger partial charge in [-0.25, -0.2) is 18.2 Å². The van der Waals surface area contributed by atoms with Crippen molar-refractivity contribution in [2.75, 3.05) is 62.5 Å². The second-order valence-corrected chi connectivity index (χ2v) is 12.1. The highest BCUT2D eigenvalue weighted by atomic mass is 35.5. The molecule has 13 heteroatoms. The number of benzene rings is 2. The minimum absolute atomic E-state index is 0.0725. The molecular weight excluding hydrogens is 569 g/mol. The van der Waals surface area contributed by atoms with Crippen LogP contribution < -0.4 is 15.4 Å². The zero-order chi connectivity index (χ0) is 27.7. The van der Waals surface area contributed by atoms with Crippen LogP contribution in [0.3, 0.4) is 0 Å². The quantitative estimate of drug-likeness (QED) is 0.300. The van der Waals surface area contributed by atoms with Gasteiger partial charge in [-0.15, -0.1) is 0 Å². The van der Waals surface area contributed by atoms with E-state index in [2.05, 4.69) is 26.9 Å². The van der Waals surface area contributed by atoms with Crippen LogP contribution in [-0.2, 0) is 0 Å². The molecule has 2 aliphatic rings. The number of likely N-dealkylation sites (tertiary alicyclic amines) is 1. The number of fused-ring (bicyclic) bond motifs is 2. The second kappa shape index (κ2) is 11.5. The third-order valence-corrected chi connectivity index (χ3v) is 8.85. The molecule has 0 amide bonds. The van der Waals surface area contributed by atoms with Crippen LogP contribution in [-0.4, -0.2) is 77.6 Å². The number of nitrogens with zero attached hydrogens (tertiary/aromatic N) is 5. The van der Waals surface area contributed by atoms with Crippen molar-refractivity contribution in [3.8, 4) is 17.1 Å². The van der Waals surface area contributed by atoms with Crippen molar-refractivity contribution in [2.45, 2.75) is 18.8 Å². The van der Waals surface area contributed by atoms with Crippen molar-refractivity contribution < 1.29 is 17.9 Å². The highest BCUT2D eigenvalue weighted by Gasteiger charge is 2.36. The van der Waals surface area contributed by atoms with Gasteiger partial charge in [0.1, 0.15) is 11.3 Å². The van der Waals surface area contributed by atoms with Crippen molar-refractivity contribution in [2.24, 2.45) is 0 Å². The molecule has 4 aromatic rings. The molecule has 0 radical (unpaired) electrons. The van der Waals surface area contributed by atoms with Crippen molar-refractivity contribution in [1.29, 1.82) is 0 Å². The number of hydrogen-bond acceptors (Lipinski definition) is 9. The predicted molar refractivity (Wildman–Crippen MR) is 155 cm³/mol. The van der Waals surface area contributed by atoms with E-state index in [1.165, 1.54) is 55.3 Å². The first-order chi connectivity index (χ1) is 18.7. The number of hydrogen-bond donors (Lipinski definition) is 1. The van der Waals surface area contributed by atoms with E-state index in [9.17, 15) is 8.78 Å². The molecule has 2 fully saturated rings. The molecule has 2 saturated heterocycles. The lowest BCUT2D eigenvalue weighted by molar-refractivity contribution is 0.0366. The average Bonchev–Trinajstić information content (AvgIpc) is 3.49. The summed E-state index contributed by atoms with van der Waals surface area (Å²) >= 11 is 9.01. The summed E-state index contributed by atoms with van der Waals surface area (Å²) in [6, 6.07) is 6.68. The highest BCUT2D eigenvalue weighted by Crippen LogP contribution is 2.42. The molecule has 7 nitrogen and oxygen atoms in total. The Balaban J connectivity index is 0.000000455. The summed E-state index contributed by atoms with van der Waals surface area (Å²) in [5.41, 5.74) is 6.86. The van der Waals surface area contributed by atoms with Crippen molar-refractivity contribution >= 4 is 66.8 Å². The van der Waals surface area contributed by atoms with Gasteiger partial charge in [0.2, 0.25) is 0 Å². The zero-order valence-corrected chi connectivity index (χ0v) is 23.9. The monoisotopic (exact) mass is 596 g/mol. The third-order valence-electron chi connectivity index (χ3n) is 6.60. The number of methoxy groups -OCH3 is 1. The van der Waals surface area contributed by atoms with Crippen molar-refractivity contribution in [3.05, 3.63) is 35.1 Å². The number of halogens is 4. The van der Waals surface area contributed by atoms with Crippen LogP contribution in [0.2, 0.25) is 5.02 Å². The first-order valence-electron chi connectivity index (χ1n) is 12.4. The number of thiazole rings is 1. The van der Waals surface area contributed by atoms with Crippen LogP contribution in [0.5, 0.6) is 6.01 Å². The number of aromatic nitrogens is 3. The van der Waals surface area contributed by atoms with Gasteiger partial charge in [0.25, 0.3) is 5.92 Å². The van der Waals surface area contributed by atoms with Gasteiger partial charge in [0.15, 0.2) is 10.9 Å². The minimum atomic E-state index is -2.92. The molecule has 0 aliphatic carbocycles. The molecule has 2 N–H and O–H groups in total. The Bertz CT molecular complexity index is 1500. The van der Waals surface area contributed by atoms with Crippen LogP contribution in [0, 0.1) is 5.82 Å². The summed E-state index contributed by atoms with van der Waals surface area (Å²) in [6.45, 7) is 2.40. The zero-order valence-electron chi connectivity index (χ0n) is 21.5. The Kier molecular flexibility index (Phi) is 8.27. The topological polar surface area (TPSA) is 80.4 Å². The van der Waals surface area contributed by atoms with Gasteiger partial charge in [-0.3, -0.25) is 0 Å². The van der Waals surface area contributed by atoms with Gasteiger partial charge in [-0.2, -0.15) is 21.7 Å². The third kappa shape index (κ3) is 5.98. The SMILES string of the molecule is CN1CCCC1.COc1nc(N2CCSCC(F)(F)C2)c2cc(Cl)c(-c3cccc4sc(N)nc34)c(F)c2n1. The number of nitrogen functional groups attached to an aromatic ring is 1. The van der Waals surface area contributed by atoms with E-state index in [-0.39, 0.29) is 39.1 Å². The number of ether oxygens (including phenoxy) is 1. The lowest BCUT2D eigenvalue weighted by Crippen LogP contribution is -2.37. The summed E-state index contributed by atoms with van der Waals surface area (Å²) in [4.78, 5) is 16.6. The number of nitrogens with two attached hydrogens (primary N) is 1. The van der Waals surface area contributed by atoms with Crippen molar-refractivity contribution in [3.63, 3.8) is 0 Å².